The summed E-state index contributed by atoms with van der Waals surface area (Å²) in [6, 6.07) is 6.72. The molecule has 0 aliphatic carbocycles. The molecule has 2 aromatic rings. The quantitative estimate of drug-likeness (QED) is 0.821. The number of carbonyl (C=O) groups is 1. The van der Waals surface area contributed by atoms with Crippen LogP contribution >= 0.6 is 11.8 Å². The van der Waals surface area contributed by atoms with Crippen molar-refractivity contribution in [3.05, 3.63) is 59.4 Å². The zero-order valence-electron chi connectivity index (χ0n) is 15.0. The van der Waals surface area contributed by atoms with Crippen molar-refractivity contribution in [2.45, 2.75) is 23.6 Å². The number of halogens is 2. The van der Waals surface area contributed by atoms with Crippen molar-refractivity contribution < 1.29 is 18.3 Å². The Hall–Kier alpha value is -2.52. The van der Waals surface area contributed by atoms with Gasteiger partial charge in [-0.15, -0.1) is 0 Å². The molecule has 1 spiro atoms. The van der Waals surface area contributed by atoms with E-state index in [-0.39, 0.29) is 10.4 Å². The number of thioether (sulfide) groups is 1. The Morgan fingerprint density at radius 2 is 2.07 bits per heavy atom. The molecule has 2 aliphatic rings. The van der Waals surface area contributed by atoms with E-state index in [1.807, 2.05) is 6.92 Å². The van der Waals surface area contributed by atoms with Gasteiger partial charge in [0.2, 0.25) is 0 Å². The highest BCUT2D eigenvalue weighted by molar-refractivity contribution is 8.15. The maximum absolute atomic E-state index is 14.7. The van der Waals surface area contributed by atoms with E-state index in [1.54, 1.807) is 6.07 Å². The van der Waals surface area contributed by atoms with Crippen molar-refractivity contribution in [1.82, 2.24) is 4.98 Å². The number of hydrogen-bond acceptors (Lipinski definition) is 6. The molecule has 1 aromatic carbocycles. The van der Waals surface area contributed by atoms with Crippen LogP contribution in [0.25, 0.3) is 0 Å². The van der Waals surface area contributed by atoms with E-state index in [9.17, 15) is 13.6 Å². The second-order valence-electron chi connectivity index (χ2n) is 7.19. The van der Waals surface area contributed by atoms with Gasteiger partial charge < -0.3 is 15.8 Å². The maximum Gasteiger partial charge on any atom is 0.274 e. The third-order valence-corrected chi connectivity index (χ3v) is 5.95. The molecular formula is C19H18F2N4O2S. The fourth-order valence-electron chi connectivity index (χ4n) is 3.56. The first-order chi connectivity index (χ1) is 13.3. The summed E-state index contributed by atoms with van der Waals surface area (Å²) in [4.78, 5) is 20.6. The molecule has 0 saturated carbocycles. The van der Waals surface area contributed by atoms with Crippen LogP contribution in [0.2, 0.25) is 0 Å². The fourth-order valence-corrected chi connectivity index (χ4v) is 4.89. The van der Waals surface area contributed by atoms with Crippen LogP contribution in [-0.2, 0) is 10.3 Å². The molecule has 1 atom stereocenters. The van der Waals surface area contributed by atoms with Gasteiger partial charge in [-0.1, -0.05) is 11.8 Å². The molecule has 28 heavy (non-hydrogen) atoms. The van der Waals surface area contributed by atoms with Gasteiger partial charge in [0.05, 0.1) is 29.7 Å². The minimum absolute atomic E-state index is 0.0559. The molecule has 1 amide bonds. The first kappa shape index (κ1) is 18.8. The van der Waals surface area contributed by atoms with Crippen LogP contribution in [0.5, 0.6) is 0 Å². The number of nitrogens with zero attached hydrogens (tertiary/aromatic N) is 2. The van der Waals surface area contributed by atoms with E-state index in [0.29, 0.717) is 36.1 Å². The largest absolute Gasteiger partial charge is 0.378 e. The topological polar surface area (TPSA) is 89.6 Å². The second-order valence-corrected chi connectivity index (χ2v) is 8.68. The van der Waals surface area contributed by atoms with Gasteiger partial charge in [-0.05, 0) is 43.7 Å². The van der Waals surface area contributed by atoms with Gasteiger partial charge in [0, 0.05) is 11.3 Å². The standard InChI is InChI=1S/C19H18F2N4O2S/c1-18(8-19(9-27-10-19)28-17(22)25-18)13-6-12(3-4-14(13)21)24-16(26)15-5-2-11(20)7-23-15/h2-7H,8-10H2,1H3,(H2,22,25)(H,24,26). The summed E-state index contributed by atoms with van der Waals surface area (Å²) in [5.74, 6) is -1.49. The molecule has 3 N–H and O–H groups in total. The Balaban J connectivity index is 1.63. The van der Waals surface area contributed by atoms with Crippen LogP contribution in [-0.4, -0.2) is 34.0 Å². The Bertz CT molecular complexity index is 963. The lowest BCUT2D eigenvalue weighted by Gasteiger charge is -2.48. The Labute approximate surface area is 164 Å². The second kappa shape index (κ2) is 6.82. The van der Waals surface area contributed by atoms with Gasteiger partial charge in [0.25, 0.3) is 5.91 Å². The smallest absolute Gasteiger partial charge is 0.274 e. The molecule has 146 valence electrons. The average Bonchev–Trinajstić information content (AvgIpc) is 2.61. The summed E-state index contributed by atoms with van der Waals surface area (Å²) >= 11 is 1.46. The lowest BCUT2D eigenvalue weighted by molar-refractivity contribution is -0.0211. The zero-order chi connectivity index (χ0) is 19.9. The first-order valence-corrected chi connectivity index (χ1v) is 9.45. The third kappa shape index (κ3) is 3.47. The van der Waals surface area contributed by atoms with Crippen molar-refractivity contribution in [2.75, 3.05) is 18.5 Å². The summed E-state index contributed by atoms with van der Waals surface area (Å²) in [6.07, 6.45) is 1.53. The molecule has 0 radical (unpaired) electrons. The molecule has 1 unspecified atom stereocenters. The molecule has 6 nitrogen and oxygen atoms in total. The molecule has 1 aromatic heterocycles. The summed E-state index contributed by atoms with van der Waals surface area (Å²) in [5.41, 5.74) is 5.92. The molecular weight excluding hydrogens is 386 g/mol. The number of anilines is 1. The van der Waals surface area contributed by atoms with E-state index in [2.05, 4.69) is 15.3 Å². The average molecular weight is 404 g/mol. The molecule has 0 bridgehead atoms. The normalized spacial score (nSPS) is 23.0. The number of nitrogens with one attached hydrogen (secondary N) is 1. The number of carbonyl (C=O) groups excluding carboxylic acids is 1. The van der Waals surface area contributed by atoms with Gasteiger partial charge in [-0.3, -0.25) is 9.79 Å². The summed E-state index contributed by atoms with van der Waals surface area (Å²) in [7, 11) is 0. The number of nitrogens with two attached hydrogens (primary N) is 1. The number of rotatable bonds is 3. The molecule has 1 fully saturated rings. The van der Waals surface area contributed by atoms with Gasteiger partial charge in [0.1, 0.15) is 17.3 Å². The number of aliphatic imine (C=N–C) groups is 1. The minimum atomic E-state index is -0.877. The lowest BCUT2D eigenvalue weighted by Crippen LogP contribution is -2.54. The van der Waals surface area contributed by atoms with E-state index >= 15 is 0 Å². The Morgan fingerprint density at radius 3 is 2.71 bits per heavy atom. The van der Waals surface area contributed by atoms with Crippen LogP contribution in [0.4, 0.5) is 14.5 Å². The van der Waals surface area contributed by atoms with Crippen molar-refractivity contribution >= 4 is 28.5 Å². The highest BCUT2D eigenvalue weighted by atomic mass is 32.2. The number of amidine groups is 1. The van der Waals surface area contributed by atoms with Crippen LogP contribution in [0.15, 0.2) is 41.5 Å². The molecule has 9 heteroatoms. The van der Waals surface area contributed by atoms with Gasteiger partial charge in [-0.2, -0.15) is 0 Å². The summed E-state index contributed by atoms with van der Waals surface area (Å²) in [6.45, 7) is 2.90. The molecule has 2 aliphatic heterocycles. The van der Waals surface area contributed by atoms with Crippen LogP contribution in [0, 0.1) is 11.6 Å². The molecule has 1 saturated heterocycles. The fraction of sp³-hybridized carbons (Fsp3) is 0.316. The van der Waals surface area contributed by atoms with E-state index in [0.717, 1.165) is 12.3 Å². The summed E-state index contributed by atoms with van der Waals surface area (Å²) < 4.78 is 32.8. The monoisotopic (exact) mass is 404 g/mol. The van der Waals surface area contributed by atoms with E-state index in [1.165, 1.54) is 30.0 Å². The summed E-state index contributed by atoms with van der Waals surface area (Å²) in [5, 5.41) is 3.05. The SMILES string of the molecule is CC1(c2cc(NC(=O)c3ccc(F)cn3)ccc2F)CC2(COC2)SC(N)=N1. The number of benzene rings is 1. The number of hydrogen-bond donors (Lipinski definition) is 2. The van der Waals surface area contributed by atoms with E-state index in [4.69, 9.17) is 10.5 Å². The van der Waals surface area contributed by atoms with Crippen molar-refractivity contribution in [3.8, 4) is 0 Å². The van der Waals surface area contributed by atoms with Gasteiger partial charge in [-0.25, -0.2) is 13.8 Å². The van der Waals surface area contributed by atoms with Gasteiger partial charge >= 0.3 is 0 Å². The number of ether oxygens (including phenoxy) is 1. The predicted molar refractivity (Wildman–Crippen MR) is 103 cm³/mol. The highest BCUT2D eigenvalue weighted by Gasteiger charge is 2.50. The van der Waals surface area contributed by atoms with Crippen molar-refractivity contribution in [3.63, 3.8) is 0 Å². The molecule has 3 heterocycles. The third-order valence-electron chi connectivity index (χ3n) is 4.84. The Kier molecular flexibility index (Phi) is 4.59. The van der Waals surface area contributed by atoms with Crippen LogP contribution in [0.1, 0.15) is 29.4 Å². The number of amides is 1. The highest BCUT2D eigenvalue weighted by Crippen LogP contribution is 2.49. The van der Waals surface area contributed by atoms with Crippen molar-refractivity contribution in [2.24, 2.45) is 10.7 Å². The Morgan fingerprint density at radius 1 is 1.29 bits per heavy atom. The number of aromatic nitrogens is 1. The van der Waals surface area contributed by atoms with E-state index < -0.39 is 23.1 Å². The van der Waals surface area contributed by atoms with Crippen LogP contribution in [0.3, 0.4) is 0 Å². The maximum atomic E-state index is 14.7. The predicted octanol–water partition coefficient (Wildman–Crippen LogP) is 3.05. The minimum Gasteiger partial charge on any atom is -0.378 e. The lowest BCUT2D eigenvalue weighted by atomic mass is 9.81. The van der Waals surface area contributed by atoms with Crippen molar-refractivity contribution in [1.29, 1.82) is 0 Å². The first-order valence-electron chi connectivity index (χ1n) is 8.64. The molecule has 4 rings (SSSR count). The number of pyridine rings is 1. The van der Waals surface area contributed by atoms with Gasteiger partial charge in [0.15, 0.2) is 5.17 Å². The zero-order valence-corrected chi connectivity index (χ0v) is 15.9. The van der Waals surface area contributed by atoms with Crippen LogP contribution < -0.4 is 11.1 Å².